The minimum Gasteiger partial charge on any atom is -0.507 e. The fraction of sp³-hybridized carbons (Fsp3) is 0.667. The molecule has 1 heterocycles. The van der Waals surface area contributed by atoms with Crippen LogP contribution in [0.5, 0.6) is 11.5 Å². The van der Waals surface area contributed by atoms with Crippen molar-refractivity contribution in [2.24, 2.45) is 0 Å². The molecular formula is C24H36O6S2. The van der Waals surface area contributed by atoms with Crippen LogP contribution in [0, 0.1) is 0 Å². The van der Waals surface area contributed by atoms with Crippen molar-refractivity contribution in [3.8, 4) is 11.5 Å². The molecule has 2 unspecified atom stereocenters. The lowest BCUT2D eigenvalue weighted by molar-refractivity contribution is -0.137. The lowest BCUT2D eigenvalue weighted by atomic mass is 10.0. The van der Waals surface area contributed by atoms with E-state index in [9.17, 15) is 14.7 Å². The molecule has 0 aromatic heterocycles. The number of ketones is 1. The zero-order valence-corrected chi connectivity index (χ0v) is 21.0. The number of carbonyl (C=O) groups is 2. The van der Waals surface area contributed by atoms with Crippen LogP contribution in [0.3, 0.4) is 0 Å². The third kappa shape index (κ3) is 7.89. The summed E-state index contributed by atoms with van der Waals surface area (Å²) >= 11 is 3.74. The Kier molecular flexibility index (Phi) is 11.2. The molecule has 0 saturated carbocycles. The lowest BCUT2D eigenvalue weighted by Gasteiger charge is -2.26. The monoisotopic (exact) mass is 484 g/mol. The minimum absolute atomic E-state index is 0.0484. The van der Waals surface area contributed by atoms with Gasteiger partial charge in [0.2, 0.25) is 0 Å². The lowest BCUT2D eigenvalue weighted by Crippen LogP contribution is -2.23. The number of Topliss-reactive ketones (excluding diaryl/α,β-unsaturated/α-hetero) is 1. The summed E-state index contributed by atoms with van der Waals surface area (Å²) in [7, 11) is 0. The molecule has 180 valence electrons. The van der Waals surface area contributed by atoms with E-state index in [1.54, 1.807) is 12.1 Å². The summed E-state index contributed by atoms with van der Waals surface area (Å²) in [4.78, 5) is 22.2. The smallest absolute Gasteiger partial charge is 0.303 e. The van der Waals surface area contributed by atoms with Gasteiger partial charge < -0.3 is 19.7 Å². The number of phenolic OH excluding ortho intramolecular Hbond substituents is 1. The van der Waals surface area contributed by atoms with Gasteiger partial charge in [0.1, 0.15) is 16.4 Å². The van der Waals surface area contributed by atoms with E-state index in [4.69, 9.17) is 14.6 Å². The molecule has 2 N–H and O–H groups in total. The molecule has 0 radical (unpaired) electrons. The fourth-order valence-corrected chi connectivity index (χ4v) is 6.50. The van der Waals surface area contributed by atoms with Gasteiger partial charge in [-0.15, -0.1) is 11.8 Å². The predicted molar refractivity (Wildman–Crippen MR) is 131 cm³/mol. The van der Waals surface area contributed by atoms with Crippen molar-refractivity contribution in [2.45, 2.75) is 75.9 Å². The molecule has 1 aliphatic rings. The number of ether oxygens (including phenoxy) is 2. The molecule has 1 saturated heterocycles. The highest BCUT2D eigenvalue weighted by atomic mass is 32.2. The van der Waals surface area contributed by atoms with Gasteiger partial charge in [-0.25, -0.2) is 0 Å². The number of hydrogen-bond acceptors (Lipinski definition) is 7. The van der Waals surface area contributed by atoms with Crippen molar-refractivity contribution in [2.75, 3.05) is 24.7 Å². The molecule has 6 nitrogen and oxygen atoms in total. The van der Waals surface area contributed by atoms with Gasteiger partial charge in [0.15, 0.2) is 5.78 Å². The Morgan fingerprint density at radius 1 is 1.31 bits per heavy atom. The van der Waals surface area contributed by atoms with Crippen LogP contribution >= 0.6 is 23.5 Å². The van der Waals surface area contributed by atoms with Crippen LogP contribution in [0.4, 0.5) is 0 Å². The number of carbonyl (C=O) groups excluding carboxylic acids is 1. The van der Waals surface area contributed by atoms with Crippen LogP contribution in [0.2, 0.25) is 0 Å². The average molecular weight is 485 g/mol. The van der Waals surface area contributed by atoms with E-state index in [0.717, 1.165) is 43.8 Å². The number of carboxylic acid groups (broad SMARTS) is 1. The summed E-state index contributed by atoms with van der Waals surface area (Å²) in [6, 6.07) is 3.42. The van der Waals surface area contributed by atoms with Crippen LogP contribution < -0.4 is 4.74 Å². The maximum atomic E-state index is 11.7. The molecule has 32 heavy (non-hydrogen) atoms. The second-order valence-electron chi connectivity index (χ2n) is 8.08. The number of carboxylic acids is 1. The van der Waals surface area contributed by atoms with Gasteiger partial charge in [-0.1, -0.05) is 20.3 Å². The summed E-state index contributed by atoms with van der Waals surface area (Å²) in [5, 5.41) is 19.7. The number of hydrogen-bond donors (Lipinski definition) is 2. The number of aliphatic carboxylic acids is 1. The van der Waals surface area contributed by atoms with E-state index in [-0.39, 0.29) is 22.9 Å². The first kappa shape index (κ1) is 26.9. The Hall–Kier alpha value is -1.38. The van der Waals surface area contributed by atoms with Gasteiger partial charge >= 0.3 is 5.97 Å². The standard InChI is InChI=1S/C24H36O6S2/c1-4-8-20-21(11-10-19(17(3)25)23(20)28)29-13-7-14-31-16-18-15-30-24(5-2,32-18)12-6-9-22(26)27/h10-11,18,28H,4-9,12-16H2,1-3H3,(H,26,27). The van der Waals surface area contributed by atoms with E-state index < -0.39 is 5.97 Å². The second-order valence-corrected chi connectivity index (χ2v) is 10.9. The first-order chi connectivity index (χ1) is 15.3. The van der Waals surface area contributed by atoms with Crippen LogP contribution in [0.25, 0.3) is 0 Å². The molecule has 0 bridgehead atoms. The number of benzene rings is 1. The van der Waals surface area contributed by atoms with Crippen LogP contribution in [0.15, 0.2) is 12.1 Å². The first-order valence-corrected chi connectivity index (χ1v) is 13.4. The summed E-state index contributed by atoms with van der Waals surface area (Å²) in [6.07, 6.45) is 4.93. The summed E-state index contributed by atoms with van der Waals surface area (Å²) < 4.78 is 12.0. The quantitative estimate of drug-likeness (QED) is 0.247. The van der Waals surface area contributed by atoms with Gasteiger partial charge in [-0.2, -0.15) is 11.8 Å². The Labute approximate surface area is 199 Å². The fourth-order valence-electron chi connectivity index (χ4n) is 3.79. The van der Waals surface area contributed by atoms with Crippen molar-refractivity contribution in [1.29, 1.82) is 0 Å². The van der Waals surface area contributed by atoms with Gasteiger partial charge in [0.25, 0.3) is 0 Å². The summed E-state index contributed by atoms with van der Waals surface area (Å²) in [5.74, 6) is 1.78. The van der Waals surface area contributed by atoms with Crippen molar-refractivity contribution < 1.29 is 29.3 Å². The summed E-state index contributed by atoms with van der Waals surface area (Å²) in [6.45, 7) is 6.87. The Morgan fingerprint density at radius 2 is 2.09 bits per heavy atom. The normalized spacial score (nSPS) is 20.4. The third-order valence-corrected chi connectivity index (χ3v) is 8.62. The highest BCUT2D eigenvalue weighted by Gasteiger charge is 2.39. The number of aromatic hydroxyl groups is 1. The molecule has 8 heteroatoms. The molecule has 0 aliphatic carbocycles. The van der Waals surface area contributed by atoms with Gasteiger partial charge in [-0.05, 0) is 56.9 Å². The molecule has 0 amide bonds. The Bertz CT molecular complexity index is 769. The topological polar surface area (TPSA) is 93.1 Å². The average Bonchev–Trinajstić information content (AvgIpc) is 3.16. The van der Waals surface area contributed by atoms with E-state index >= 15 is 0 Å². The van der Waals surface area contributed by atoms with Crippen LogP contribution in [0.1, 0.15) is 75.2 Å². The number of thioether (sulfide) groups is 2. The molecule has 0 spiro atoms. The maximum Gasteiger partial charge on any atom is 0.303 e. The zero-order valence-electron chi connectivity index (χ0n) is 19.4. The van der Waals surface area contributed by atoms with E-state index in [1.807, 2.05) is 30.4 Å². The van der Waals surface area contributed by atoms with E-state index in [2.05, 4.69) is 6.92 Å². The third-order valence-electron chi connectivity index (χ3n) is 5.51. The molecule has 1 aliphatic heterocycles. The molecular weight excluding hydrogens is 448 g/mol. The van der Waals surface area contributed by atoms with Gasteiger partial charge in [-0.3, -0.25) is 9.59 Å². The zero-order chi connectivity index (χ0) is 23.6. The van der Waals surface area contributed by atoms with Gasteiger partial charge in [0, 0.05) is 23.0 Å². The van der Waals surface area contributed by atoms with Crippen molar-refractivity contribution in [3.63, 3.8) is 0 Å². The maximum absolute atomic E-state index is 11.7. The molecule has 1 aromatic rings. The Balaban J connectivity index is 1.72. The highest BCUT2D eigenvalue weighted by Crippen LogP contribution is 2.45. The molecule has 1 fully saturated rings. The van der Waals surface area contributed by atoms with Crippen molar-refractivity contribution in [3.05, 3.63) is 23.3 Å². The molecule has 2 rings (SSSR count). The van der Waals surface area contributed by atoms with Crippen LogP contribution in [-0.2, 0) is 16.0 Å². The van der Waals surface area contributed by atoms with Crippen molar-refractivity contribution in [1.82, 2.24) is 0 Å². The summed E-state index contributed by atoms with van der Waals surface area (Å²) in [5.41, 5.74) is 1.06. The highest BCUT2D eigenvalue weighted by molar-refractivity contribution is 8.04. The van der Waals surface area contributed by atoms with Gasteiger partial charge in [0.05, 0.1) is 18.8 Å². The largest absolute Gasteiger partial charge is 0.507 e. The molecule has 2 atom stereocenters. The van der Waals surface area contributed by atoms with E-state index in [0.29, 0.717) is 41.6 Å². The number of rotatable bonds is 15. The predicted octanol–water partition coefficient (Wildman–Crippen LogP) is 5.54. The van der Waals surface area contributed by atoms with E-state index in [1.165, 1.54) is 6.92 Å². The molecule has 1 aromatic carbocycles. The van der Waals surface area contributed by atoms with Crippen LogP contribution in [-0.4, -0.2) is 56.9 Å². The minimum atomic E-state index is -0.750. The number of phenols is 1. The first-order valence-electron chi connectivity index (χ1n) is 11.4. The second kappa shape index (κ2) is 13.4. The Morgan fingerprint density at radius 3 is 2.75 bits per heavy atom. The SMILES string of the molecule is CCCc1c(OCCCSCC2COC(CC)(CCCC(=O)O)S2)ccc(C(C)=O)c1O. The van der Waals surface area contributed by atoms with Crippen molar-refractivity contribution >= 4 is 35.3 Å².